The molecule has 138 valence electrons. The Bertz CT molecular complexity index is 759. The van der Waals surface area contributed by atoms with Crippen molar-refractivity contribution in [2.75, 3.05) is 13.1 Å². The second-order valence-electron chi connectivity index (χ2n) is 8.54. The molecule has 0 bridgehead atoms. The molecule has 1 fully saturated rings. The second kappa shape index (κ2) is 7.71. The lowest BCUT2D eigenvalue weighted by atomic mass is 9.85. The van der Waals surface area contributed by atoms with E-state index in [9.17, 15) is 4.79 Å². The number of rotatable bonds is 4. The van der Waals surface area contributed by atoms with E-state index in [1.54, 1.807) is 0 Å². The van der Waals surface area contributed by atoms with E-state index in [1.165, 1.54) is 5.56 Å². The molecule has 0 N–H and O–H groups in total. The Morgan fingerprint density at radius 3 is 2.54 bits per heavy atom. The molecule has 0 amide bonds. The zero-order valence-corrected chi connectivity index (χ0v) is 16.5. The number of benzene rings is 1. The van der Waals surface area contributed by atoms with Crippen molar-refractivity contribution in [3.63, 3.8) is 0 Å². The molecule has 0 spiro atoms. The molecular weight excluding hydrogens is 320 g/mol. The van der Waals surface area contributed by atoms with Crippen molar-refractivity contribution in [3.8, 4) is 0 Å². The maximum Gasteiger partial charge on any atom is 0.167 e. The number of nitrogens with zero attached hydrogens (tertiary/aromatic N) is 2. The van der Waals surface area contributed by atoms with Crippen molar-refractivity contribution in [2.45, 2.75) is 52.5 Å². The molecule has 1 aliphatic rings. The maximum absolute atomic E-state index is 13.0. The van der Waals surface area contributed by atoms with Crippen LogP contribution in [-0.2, 0) is 12.0 Å². The van der Waals surface area contributed by atoms with Gasteiger partial charge in [0.15, 0.2) is 5.78 Å². The number of ketones is 1. The van der Waals surface area contributed by atoms with E-state index in [0.29, 0.717) is 0 Å². The number of hydrogen-bond acceptors (Lipinski definition) is 3. The topological polar surface area (TPSA) is 33.2 Å². The number of pyridine rings is 1. The Balaban J connectivity index is 1.66. The fourth-order valence-corrected chi connectivity index (χ4v) is 3.70. The van der Waals surface area contributed by atoms with Crippen molar-refractivity contribution < 1.29 is 4.79 Å². The maximum atomic E-state index is 13.0. The number of aromatic nitrogens is 1. The van der Waals surface area contributed by atoms with Crippen LogP contribution in [0.4, 0.5) is 0 Å². The van der Waals surface area contributed by atoms with E-state index in [-0.39, 0.29) is 17.1 Å². The molecule has 3 heteroatoms. The zero-order chi connectivity index (χ0) is 18.7. The first-order chi connectivity index (χ1) is 12.3. The monoisotopic (exact) mass is 350 g/mol. The lowest BCUT2D eigenvalue weighted by Gasteiger charge is -2.31. The van der Waals surface area contributed by atoms with Crippen LogP contribution in [0.5, 0.6) is 0 Å². The minimum Gasteiger partial charge on any atom is -0.297 e. The SMILES string of the molecule is Cc1cccc(CN2CCCC(C(=O)c3ccc(C(C)(C)C)cc3)C2)n1. The van der Waals surface area contributed by atoms with Crippen molar-refractivity contribution in [3.05, 3.63) is 65.0 Å². The van der Waals surface area contributed by atoms with Crippen molar-refractivity contribution >= 4 is 5.78 Å². The third-order valence-corrected chi connectivity index (χ3v) is 5.24. The average molecular weight is 351 g/mol. The molecule has 1 atom stereocenters. The number of likely N-dealkylation sites (tertiary alicyclic amines) is 1. The summed E-state index contributed by atoms with van der Waals surface area (Å²) < 4.78 is 0. The summed E-state index contributed by atoms with van der Waals surface area (Å²) in [5.74, 6) is 0.376. The van der Waals surface area contributed by atoms with Gasteiger partial charge in [-0.1, -0.05) is 51.1 Å². The minimum atomic E-state index is 0.0917. The molecule has 2 aromatic rings. The Labute approximate surface area is 157 Å². The first-order valence-corrected chi connectivity index (χ1v) is 9.62. The Morgan fingerprint density at radius 1 is 1.15 bits per heavy atom. The van der Waals surface area contributed by atoms with Crippen LogP contribution in [0.25, 0.3) is 0 Å². The van der Waals surface area contributed by atoms with Gasteiger partial charge in [-0.2, -0.15) is 0 Å². The molecule has 1 aromatic heterocycles. The van der Waals surface area contributed by atoms with Crippen LogP contribution < -0.4 is 0 Å². The number of Topliss-reactive ketones (excluding diaryl/α,β-unsaturated/α-hetero) is 1. The highest BCUT2D eigenvalue weighted by molar-refractivity contribution is 5.98. The highest BCUT2D eigenvalue weighted by atomic mass is 16.1. The Hall–Kier alpha value is -2.00. The van der Waals surface area contributed by atoms with Gasteiger partial charge < -0.3 is 0 Å². The van der Waals surface area contributed by atoms with E-state index < -0.39 is 0 Å². The van der Waals surface area contributed by atoms with Gasteiger partial charge in [0.25, 0.3) is 0 Å². The highest BCUT2D eigenvalue weighted by Gasteiger charge is 2.27. The van der Waals surface area contributed by atoms with Crippen LogP contribution >= 0.6 is 0 Å². The zero-order valence-electron chi connectivity index (χ0n) is 16.5. The second-order valence-corrected chi connectivity index (χ2v) is 8.54. The predicted octanol–water partition coefficient (Wildman–Crippen LogP) is 4.78. The van der Waals surface area contributed by atoms with Gasteiger partial charge in [-0.15, -0.1) is 0 Å². The van der Waals surface area contributed by atoms with Gasteiger partial charge in [-0.25, -0.2) is 0 Å². The summed E-state index contributed by atoms with van der Waals surface area (Å²) in [4.78, 5) is 19.9. The quantitative estimate of drug-likeness (QED) is 0.744. The summed E-state index contributed by atoms with van der Waals surface area (Å²) in [6.07, 6.45) is 2.06. The molecular formula is C23H30N2O. The largest absolute Gasteiger partial charge is 0.297 e. The number of carbonyl (C=O) groups excluding carboxylic acids is 1. The van der Waals surface area contributed by atoms with Crippen LogP contribution in [0.15, 0.2) is 42.5 Å². The molecule has 26 heavy (non-hydrogen) atoms. The highest BCUT2D eigenvalue weighted by Crippen LogP contribution is 2.25. The average Bonchev–Trinajstić information content (AvgIpc) is 2.61. The summed E-state index contributed by atoms with van der Waals surface area (Å²) in [5.41, 5.74) is 4.37. The molecule has 0 aliphatic carbocycles. The van der Waals surface area contributed by atoms with Gasteiger partial charge in [0.05, 0.1) is 5.69 Å². The number of piperidine rings is 1. The fourth-order valence-electron chi connectivity index (χ4n) is 3.70. The van der Waals surface area contributed by atoms with Gasteiger partial charge in [0, 0.05) is 30.3 Å². The number of hydrogen-bond donors (Lipinski definition) is 0. The summed E-state index contributed by atoms with van der Waals surface area (Å²) >= 11 is 0. The molecule has 0 radical (unpaired) electrons. The smallest absolute Gasteiger partial charge is 0.167 e. The number of carbonyl (C=O) groups is 1. The summed E-state index contributed by atoms with van der Waals surface area (Å²) in [5, 5.41) is 0. The van der Waals surface area contributed by atoms with Crippen LogP contribution in [0.2, 0.25) is 0 Å². The Kier molecular flexibility index (Phi) is 5.57. The number of aryl methyl sites for hydroxylation is 1. The van der Waals surface area contributed by atoms with Gasteiger partial charge in [0.2, 0.25) is 0 Å². The molecule has 2 heterocycles. The third-order valence-electron chi connectivity index (χ3n) is 5.24. The summed E-state index contributed by atoms with van der Waals surface area (Å²) in [7, 11) is 0. The van der Waals surface area contributed by atoms with E-state index in [1.807, 2.05) is 25.1 Å². The lowest BCUT2D eigenvalue weighted by molar-refractivity contribution is 0.0810. The summed E-state index contributed by atoms with van der Waals surface area (Å²) in [6.45, 7) is 11.3. The first-order valence-electron chi connectivity index (χ1n) is 9.62. The first kappa shape index (κ1) is 18.8. The van der Waals surface area contributed by atoms with Crippen LogP contribution in [0.1, 0.15) is 60.9 Å². The normalized spacial score (nSPS) is 18.7. The molecule has 1 aliphatic heterocycles. The van der Waals surface area contributed by atoms with E-state index in [0.717, 1.165) is 49.4 Å². The van der Waals surface area contributed by atoms with E-state index >= 15 is 0 Å². The van der Waals surface area contributed by atoms with Crippen LogP contribution in [-0.4, -0.2) is 28.8 Å². The molecule has 1 saturated heterocycles. The standard InChI is InChI=1S/C23H30N2O/c1-17-7-5-9-21(24-17)16-25-14-6-8-19(15-25)22(26)18-10-12-20(13-11-18)23(2,3)4/h5,7,9-13,19H,6,8,14-16H2,1-4H3. The third kappa shape index (κ3) is 4.59. The molecule has 1 aromatic carbocycles. The predicted molar refractivity (Wildman–Crippen MR) is 106 cm³/mol. The summed E-state index contributed by atoms with van der Waals surface area (Å²) in [6, 6.07) is 14.4. The fraction of sp³-hybridized carbons (Fsp3) is 0.478. The van der Waals surface area contributed by atoms with Crippen LogP contribution in [0.3, 0.4) is 0 Å². The Morgan fingerprint density at radius 2 is 1.88 bits per heavy atom. The van der Waals surface area contributed by atoms with Gasteiger partial charge in [-0.3, -0.25) is 14.7 Å². The van der Waals surface area contributed by atoms with Gasteiger partial charge in [0.1, 0.15) is 0 Å². The van der Waals surface area contributed by atoms with Crippen LogP contribution in [0, 0.1) is 12.8 Å². The van der Waals surface area contributed by atoms with E-state index in [4.69, 9.17) is 0 Å². The van der Waals surface area contributed by atoms with E-state index in [2.05, 4.69) is 54.9 Å². The van der Waals surface area contributed by atoms with Crippen molar-refractivity contribution in [1.82, 2.24) is 9.88 Å². The van der Waals surface area contributed by atoms with Crippen molar-refractivity contribution in [2.24, 2.45) is 5.92 Å². The molecule has 3 nitrogen and oxygen atoms in total. The molecule has 0 saturated carbocycles. The van der Waals surface area contributed by atoms with Gasteiger partial charge >= 0.3 is 0 Å². The molecule has 3 rings (SSSR count). The lowest BCUT2D eigenvalue weighted by Crippen LogP contribution is -2.38. The van der Waals surface area contributed by atoms with Crippen molar-refractivity contribution in [1.29, 1.82) is 0 Å². The minimum absolute atomic E-state index is 0.0917. The molecule has 1 unspecified atom stereocenters. The van der Waals surface area contributed by atoms with Gasteiger partial charge in [-0.05, 0) is 49.4 Å².